The molecular formula is C6H14ClNO2. The third kappa shape index (κ3) is 3.69. The van der Waals surface area contributed by atoms with E-state index in [1.807, 2.05) is 0 Å². The van der Waals surface area contributed by atoms with Crippen LogP contribution in [-0.4, -0.2) is 17.1 Å². The van der Waals surface area contributed by atoms with E-state index in [1.54, 1.807) is 20.8 Å². The predicted octanol–water partition coefficient (Wildman–Crippen LogP) is 0.866. The van der Waals surface area contributed by atoms with E-state index in [2.05, 4.69) is 0 Å². The van der Waals surface area contributed by atoms with Crippen molar-refractivity contribution in [1.82, 2.24) is 0 Å². The van der Waals surface area contributed by atoms with Crippen molar-refractivity contribution >= 4 is 18.4 Å². The molecule has 10 heavy (non-hydrogen) atoms. The molecule has 0 spiro atoms. The maximum atomic E-state index is 10.2. The molecule has 4 heteroatoms. The quantitative estimate of drug-likeness (QED) is 0.609. The second-order valence-corrected chi connectivity index (χ2v) is 3.18. The van der Waals surface area contributed by atoms with Crippen molar-refractivity contribution in [2.75, 3.05) is 0 Å². The van der Waals surface area contributed by atoms with Crippen LogP contribution >= 0.6 is 12.4 Å². The van der Waals surface area contributed by atoms with Crippen LogP contribution < -0.4 is 5.73 Å². The summed E-state index contributed by atoms with van der Waals surface area (Å²) in [5.41, 5.74) is 4.95. The second-order valence-electron chi connectivity index (χ2n) is 3.18. The first-order chi connectivity index (χ1) is 3.85. The van der Waals surface area contributed by atoms with Gasteiger partial charge >= 0.3 is 5.97 Å². The Labute approximate surface area is 67.0 Å². The summed E-state index contributed by atoms with van der Waals surface area (Å²) in [5, 5.41) is 8.39. The molecule has 0 amide bonds. The minimum Gasteiger partial charge on any atom is -0.480 e. The van der Waals surface area contributed by atoms with E-state index in [1.165, 1.54) is 0 Å². The van der Waals surface area contributed by atoms with Crippen LogP contribution in [0.3, 0.4) is 0 Å². The van der Waals surface area contributed by atoms with Gasteiger partial charge in [0.05, 0.1) is 0 Å². The highest BCUT2D eigenvalue weighted by molar-refractivity contribution is 5.85. The normalized spacial score (nSPS) is 13.6. The predicted molar refractivity (Wildman–Crippen MR) is 42.3 cm³/mol. The Balaban J connectivity index is 0. The molecule has 0 unspecified atom stereocenters. The Kier molecular flexibility index (Phi) is 4.69. The SMILES string of the molecule is CC(C)(C)[C@@H](N)C(=O)O.Cl. The van der Waals surface area contributed by atoms with Crippen LogP contribution in [0.4, 0.5) is 0 Å². The number of hydrogen-bond acceptors (Lipinski definition) is 2. The zero-order valence-electron chi connectivity index (χ0n) is 6.42. The summed E-state index contributed by atoms with van der Waals surface area (Å²) >= 11 is 0. The molecule has 0 aliphatic carbocycles. The van der Waals surface area contributed by atoms with Gasteiger partial charge in [0.15, 0.2) is 0 Å². The molecule has 3 nitrogen and oxygen atoms in total. The molecule has 0 rings (SSSR count). The molecule has 0 heterocycles. The molecule has 3 N–H and O–H groups in total. The second kappa shape index (κ2) is 3.78. The van der Waals surface area contributed by atoms with Crippen molar-refractivity contribution < 1.29 is 9.90 Å². The van der Waals surface area contributed by atoms with Crippen LogP contribution in [0.1, 0.15) is 20.8 Å². The summed E-state index contributed by atoms with van der Waals surface area (Å²) in [5.74, 6) is -0.942. The molecule has 0 aromatic heterocycles. The number of carboxylic acids is 1. The highest BCUT2D eigenvalue weighted by Crippen LogP contribution is 2.16. The molecule has 0 aliphatic heterocycles. The lowest BCUT2D eigenvalue weighted by atomic mass is 9.88. The van der Waals surface area contributed by atoms with Gasteiger partial charge in [-0.1, -0.05) is 20.8 Å². The van der Waals surface area contributed by atoms with Crippen LogP contribution in [0.2, 0.25) is 0 Å². The first-order valence-electron chi connectivity index (χ1n) is 2.84. The Hall–Kier alpha value is -0.280. The highest BCUT2D eigenvalue weighted by Gasteiger charge is 2.26. The van der Waals surface area contributed by atoms with Crippen LogP contribution in [0.5, 0.6) is 0 Å². The molecule has 0 bridgehead atoms. The standard InChI is InChI=1S/C6H13NO2.ClH/c1-6(2,3)4(7)5(8)9;/h4H,7H2,1-3H3,(H,8,9);1H/t4-;/m0./s1. The number of carbonyl (C=O) groups is 1. The number of rotatable bonds is 1. The van der Waals surface area contributed by atoms with Crippen molar-refractivity contribution in [2.45, 2.75) is 26.8 Å². The number of nitrogens with two attached hydrogens (primary N) is 1. The zero-order valence-corrected chi connectivity index (χ0v) is 7.23. The summed E-state index contributed by atoms with van der Waals surface area (Å²) in [4.78, 5) is 10.2. The van der Waals surface area contributed by atoms with Gasteiger partial charge in [-0.05, 0) is 5.41 Å². The van der Waals surface area contributed by atoms with Crippen molar-refractivity contribution in [2.24, 2.45) is 11.1 Å². The Morgan fingerprint density at radius 3 is 1.80 bits per heavy atom. The number of carboxylic acid groups (broad SMARTS) is 1. The number of hydrogen-bond donors (Lipinski definition) is 2. The lowest BCUT2D eigenvalue weighted by Crippen LogP contribution is -2.41. The van der Waals surface area contributed by atoms with E-state index in [9.17, 15) is 4.79 Å². The van der Waals surface area contributed by atoms with Gasteiger partial charge in [0.25, 0.3) is 0 Å². The fraction of sp³-hybridized carbons (Fsp3) is 0.833. The lowest BCUT2D eigenvalue weighted by molar-refractivity contribution is -0.141. The number of halogens is 1. The largest absolute Gasteiger partial charge is 0.480 e. The lowest BCUT2D eigenvalue weighted by Gasteiger charge is -2.22. The average molecular weight is 168 g/mol. The van der Waals surface area contributed by atoms with E-state index in [-0.39, 0.29) is 17.8 Å². The molecule has 0 saturated carbocycles. The molecule has 0 aromatic carbocycles. The molecule has 0 saturated heterocycles. The fourth-order valence-corrected chi connectivity index (χ4v) is 0.370. The minimum absolute atomic E-state index is 0. The Morgan fingerprint density at radius 1 is 1.50 bits per heavy atom. The van der Waals surface area contributed by atoms with Gasteiger partial charge in [-0.15, -0.1) is 12.4 Å². The maximum absolute atomic E-state index is 10.2. The first kappa shape index (κ1) is 12.4. The summed E-state index contributed by atoms with van der Waals surface area (Å²) in [6.07, 6.45) is 0. The van der Waals surface area contributed by atoms with Crippen LogP contribution in [0.15, 0.2) is 0 Å². The number of aliphatic carboxylic acids is 1. The van der Waals surface area contributed by atoms with E-state index in [4.69, 9.17) is 10.8 Å². The third-order valence-corrected chi connectivity index (χ3v) is 1.20. The Bertz CT molecular complexity index is 119. The van der Waals surface area contributed by atoms with Gasteiger partial charge in [0.1, 0.15) is 6.04 Å². The molecule has 0 aliphatic rings. The van der Waals surface area contributed by atoms with Gasteiger partial charge in [-0.2, -0.15) is 0 Å². The maximum Gasteiger partial charge on any atom is 0.321 e. The molecule has 1 atom stereocenters. The average Bonchev–Trinajstić information content (AvgIpc) is 1.62. The first-order valence-corrected chi connectivity index (χ1v) is 2.84. The summed E-state index contributed by atoms with van der Waals surface area (Å²) < 4.78 is 0. The molecule has 0 fully saturated rings. The van der Waals surface area contributed by atoms with Gasteiger partial charge in [0.2, 0.25) is 0 Å². The van der Waals surface area contributed by atoms with Crippen LogP contribution in [0, 0.1) is 5.41 Å². The van der Waals surface area contributed by atoms with Gasteiger partial charge in [-0.3, -0.25) is 4.79 Å². The van der Waals surface area contributed by atoms with E-state index >= 15 is 0 Å². The van der Waals surface area contributed by atoms with Gasteiger partial charge in [0, 0.05) is 0 Å². The van der Waals surface area contributed by atoms with Crippen molar-refractivity contribution in [3.8, 4) is 0 Å². The smallest absolute Gasteiger partial charge is 0.321 e. The van der Waals surface area contributed by atoms with E-state index < -0.39 is 12.0 Å². The molecule has 62 valence electrons. The van der Waals surface area contributed by atoms with Crippen LogP contribution in [0.25, 0.3) is 0 Å². The summed E-state index contributed by atoms with van der Waals surface area (Å²) in [6.45, 7) is 5.39. The minimum atomic E-state index is -0.942. The van der Waals surface area contributed by atoms with Crippen molar-refractivity contribution in [3.05, 3.63) is 0 Å². The van der Waals surface area contributed by atoms with Gasteiger partial charge in [-0.25, -0.2) is 0 Å². The highest BCUT2D eigenvalue weighted by atomic mass is 35.5. The molecular weight excluding hydrogens is 154 g/mol. The van der Waals surface area contributed by atoms with E-state index in [0.29, 0.717) is 0 Å². The van der Waals surface area contributed by atoms with E-state index in [0.717, 1.165) is 0 Å². The summed E-state index contributed by atoms with van der Waals surface area (Å²) in [7, 11) is 0. The zero-order chi connectivity index (χ0) is 7.65. The monoisotopic (exact) mass is 167 g/mol. The van der Waals surface area contributed by atoms with Gasteiger partial charge < -0.3 is 10.8 Å². The molecule has 0 aromatic rings. The van der Waals surface area contributed by atoms with Crippen molar-refractivity contribution in [1.29, 1.82) is 0 Å². The Morgan fingerprint density at radius 2 is 1.80 bits per heavy atom. The van der Waals surface area contributed by atoms with Crippen LogP contribution in [-0.2, 0) is 4.79 Å². The fourth-order valence-electron chi connectivity index (χ4n) is 0.370. The topological polar surface area (TPSA) is 63.3 Å². The molecule has 0 radical (unpaired) electrons. The van der Waals surface area contributed by atoms with Crippen molar-refractivity contribution in [3.63, 3.8) is 0 Å². The third-order valence-electron chi connectivity index (χ3n) is 1.20. The summed E-state index contributed by atoms with van der Waals surface area (Å²) in [6, 6.07) is -0.766.